The van der Waals surface area contributed by atoms with Gasteiger partial charge in [0, 0.05) is 22.8 Å². The first-order valence-corrected chi connectivity index (χ1v) is 6.58. The maximum atomic E-state index is 12.9. The lowest BCUT2D eigenvalue weighted by Crippen LogP contribution is -2.26. The van der Waals surface area contributed by atoms with Gasteiger partial charge in [-0.3, -0.25) is 4.79 Å². The van der Waals surface area contributed by atoms with Gasteiger partial charge in [0.05, 0.1) is 0 Å². The Morgan fingerprint density at radius 1 is 1.16 bits per heavy atom. The summed E-state index contributed by atoms with van der Waals surface area (Å²) in [6.45, 7) is 1.89. The average Bonchev–Trinajstić information content (AvgIpc) is 2.41. The molecule has 0 aliphatic carbocycles. The molecule has 0 heterocycles. The molecule has 4 heteroatoms. The quantitative estimate of drug-likeness (QED) is 0.812. The van der Waals surface area contributed by atoms with Crippen molar-refractivity contribution in [3.63, 3.8) is 0 Å². The normalized spacial score (nSPS) is 10.3. The molecule has 0 aliphatic heterocycles. The van der Waals surface area contributed by atoms with Crippen LogP contribution in [0.4, 0.5) is 10.1 Å². The van der Waals surface area contributed by atoms with Crippen LogP contribution < -0.4 is 4.90 Å². The molecule has 98 valence electrons. The van der Waals surface area contributed by atoms with Crippen LogP contribution in [0.15, 0.2) is 46.9 Å². The van der Waals surface area contributed by atoms with Gasteiger partial charge < -0.3 is 4.90 Å². The van der Waals surface area contributed by atoms with Crippen molar-refractivity contribution in [1.82, 2.24) is 0 Å². The van der Waals surface area contributed by atoms with E-state index in [1.165, 1.54) is 17.0 Å². The van der Waals surface area contributed by atoms with Gasteiger partial charge in [0.15, 0.2) is 0 Å². The van der Waals surface area contributed by atoms with E-state index in [-0.39, 0.29) is 11.7 Å². The third-order valence-electron chi connectivity index (χ3n) is 2.95. The first-order valence-electron chi connectivity index (χ1n) is 5.79. The number of rotatable bonds is 2. The molecule has 0 spiro atoms. The highest BCUT2D eigenvalue weighted by Gasteiger charge is 2.15. The van der Waals surface area contributed by atoms with Gasteiger partial charge in [-0.25, -0.2) is 4.39 Å². The van der Waals surface area contributed by atoms with Gasteiger partial charge in [0.1, 0.15) is 5.82 Å². The van der Waals surface area contributed by atoms with Crippen molar-refractivity contribution < 1.29 is 9.18 Å². The van der Waals surface area contributed by atoms with Gasteiger partial charge in [0.2, 0.25) is 0 Å². The fraction of sp³-hybridized carbons (Fsp3) is 0.133. The largest absolute Gasteiger partial charge is 0.311 e. The molecule has 0 saturated heterocycles. The van der Waals surface area contributed by atoms with Crippen molar-refractivity contribution in [1.29, 1.82) is 0 Å². The van der Waals surface area contributed by atoms with E-state index in [0.29, 0.717) is 11.3 Å². The SMILES string of the molecule is Cc1ccc(Br)cc1C(=O)N(C)c1ccc(F)cc1. The Morgan fingerprint density at radius 2 is 1.79 bits per heavy atom. The number of aryl methyl sites for hydroxylation is 1. The summed E-state index contributed by atoms with van der Waals surface area (Å²) in [6, 6.07) is 11.4. The average molecular weight is 322 g/mol. The van der Waals surface area contributed by atoms with Crippen molar-refractivity contribution in [3.8, 4) is 0 Å². The first-order chi connectivity index (χ1) is 8.99. The Hall–Kier alpha value is -1.68. The monoisotopic (exact) mass is 321 g/mol. The summed E-state index contributed by atoms with van der Waals surface area (Å²) >= 11 is 3.36. The fourth-order valence-electron chi connectivity index (χ4n) is 1.79. The summed E-state index contributed by atoms with van der Waals surface area (Å²) in [7, 11) is 1.68. The number of amides is 1. The molecule has 0 fully saturated rings. The Labute approximate surface area is 120 Å². The van der Waals surface area contributed by atoms with Crippen LogP contribution in [0.25, 0.3) is 0 Å². The molecule has 2 rings (SSSR count). The molecule has 2 nitrogen and oxygen atoms in total. The number of halogens is 2. The Balaban J connectivity index is 2.33. The second kappa shape index (κ2) is 5.53. The molecule has 0 unspecified atom stereocenters. The number of carbonyl (C=O) groups is 1. The minimum Gasteiger partial charge on any atom is -0.311 e. The van der Waals surface area contributed by atoms with E-state index in [1.54, 1.807) is 25.2 Å². The third kappa shape index (κ3) is 3.01. The van der Waals surface area contributed by atoms with Gasteiger partial charge >= 0.3 is 0 Å². The van der Waals surface area contributed by atoms with Crippen LogP contribution in [0.5, 0.6) is 0 Å². The molecule has 2 aromatic rings. The van der Waals surface area contributed by atoms with E-state index in [1.807, 2.05) is 19.1 Å². The van der Waals surface area contributed by atoms with Crippen molar-refractivity contribution in [2.24, 2.45) is 0 Å². The van der Waals surface area contributed by atoms with Crippen molar-refractivity contribution in [2.45, 2.75) is 6.92 Å². The van der Waals surface area contributed by atoms with Gasteiger partial charge in [0.25, 0.3) is 5.91 Å². The van der Waals surface area contributed by atoms with Crippen molar-refractivity contribution in [2.75, 3.05) is 11.9 Å². The third-order valence-corrected chi connectivity index (χ3v) is 3.44. The zero-order valence-electron chi connectivity index (χ0n) is 10.7. The minimum atomic E-state index is -0.316. The second-order valence-electron chi connectivity index (χ2n) is 4.30. The summed E-state index contributed by atoms with van der Waals surface area (Å²) in [4.78, 5) is 13.9. The highest BCUT2D eigenvalue weighted by molar-refractivity contribution is 9.10. The molecule has 19 heavy (non-hydrogen) atoms. The lowest BCUT2D eigenvalue weighted by molar-refractivity contribution is 0.0992. The van der Waals surface area contributed by atoms with Crippen LogP contribution in [0, 0.1) is 12.7 Å². The predicted octanol–water partition coefficient (Wildman–Crippen LogP) is 4.17. The van der Waals surface area contributed by atoms with E-state index in [0.717, 1.165) is 10.0 Å². The highest BCUT2D eigenvalue weighted by atomic mass is 79.9. The molecular weight excluding hydrogens is 309 g/mol. The smallest absolute Gasteiger partial charge is 0.258 e. The standard InChI is InChI=1S/C15H13BrFNO/c1-10-3-4-11(16)9-14(10)15(19)18(2)13-7-5-12(17)6-8-13/h3-9H,1-2H3. The number of carbonyl (C=O) groups excluding carboxylic acids is 1. The maximum Gasteiger partial charge on any atom is 0.258 e. The molecule has 0 saturated carbocycles. The number of benzene rings is 2. The number of hydrogen-bond acceptors (Lipinski definition) is 1. The van der Waals surface area contributed by atoms with E-state index in [2.05, 4.69) is 15.9 Å². The van der Waals surface area contributed by atoms with Crippen LogP contribution in [0.1, 0.15) is 15.9 Å². The Bertz CT molecular complexity index is 610. The zero-order chi connectivity index (χ0) is 14.0. The predicted molar refractivity (Wildman–Crippen MR) is 78.0 cm³/mol. The lowest BCUT2D eigenvalue weighted by Gasteiger charge is -2.18. The molecule has 0 bridgehead atoms. The summed E-state index contributed by atoms with van der Waals surface area (Å²) in [5.41, 5.74) is 2.19. The number of nitrogens with zero attached hydrogens (tertiary/aromatic N) is 1. The van der Waals surface area contributed by atoms with Crippen LogP contribution in [0.2, 0.25) is 0 Å². The number of anilines is 1. The van der Waals surface area contributed by atoms with Crippen molar-refractivity contribution in [3.05, 3.63) is 63.9 Å². The van der Waals surface area contributed by atoms with Crippen LogP contribution in [-0.4, -0.2) is 13.0 Å². The van der Waals surface area contributed by atoms with E-state index >= 15 is 0 Å². The van der Waals surface area contributed by atoms with Crippen LogP contribution in [0.3, 0.4) is 0 Å². The molecule has 0 N–H and O–H groups in total. The van der Waals surface area contributed by atoms with Crippen LogP contribution in [-0.2, 0) is 0 Å². The Morgan fingerprint density at radius 3 is 2.42 bits per heavy atom. The number of hydrogen-bond donors (Lipinski definition) is 0. The van der Waals surface area contributed by atoms with E-state index < -0.39 is 0 Å². The summed E-state index contributed by atoms with van der Waals surface area (Å²) in [6.07, 6.45) is 0. The van der Waals surface area contributed by atoms with Gasteiger partial charge in [-0.2, -0.15) is 0 Å². The summed E-state index contributed by atoms with van der Waals surface area (Å²) in [5, 5.41) is 0. The molecule has 0 aliphatic rings. The molecule has 2 aromatic carbocycles. The molecule has 0 radical (unpaired) electrons. The topological polar surface area (TPSA) is 20.3 Å². The van der Waals surface area contributed by atoms with Crippen molar-refractivity contribution >= 4 is 27.5 Å². The molecular formula is C15H13BrFNO. The summed E-state index contributed by atoms with van der Waals surface area (Å²) in [5.74, 6) is -0.436. The zero-order valence-corrected chi connectivity index (χ0v) is 12.2. The second-order valence-corrected chi connectivity index (χ2v) is 5.22. The Kier molecular flexibility index (Phi) is 4.00. The van der Waals surface area contributed by atoms with E-state index in [9.17, 15) is 9.18 Å². The van der Waals surface area contributed by atoms with Gasteiger partial charge in [-0.15, -0.1) is 0 Å². The maximum absolute atomic E-state index is 12.9. The molecule has 0 aromatic heterocycles. The van der Waals surface area contributed by atoms with E-state index in [4.69, 9.17) is 0 Å². The van der Waals surface area contributed by atoms with Gasteiger partial charge in [-0.05, 0) is 48.9 Å². The van der Waals surface area contributed by atoms with Gasteiger partial charge in [-0.1, -0.05) is 22.0 Å². The van der Waals surface area contributed by atoms with Crippen LogP contribution >= 0.6 is 15.9 Å². The molecule has 1 amide bonds. The molecule has 0 atom stereocenters. The fourth-order valence-corrected chi connectivity index (χ4v) is 2.15. The minimum absolute atomic E-state index is 0.120. The first kappa shape index (κ1) is 13.7. The highest BCUT2D eigenvalue weighted by Crippen LogP contribution is 2.21. The lowest BCUT2D eigenvalue weighted by atomic mass is 10.1. The summed E-state index contributed by atoms with van der Waals surface area (Å²) < 4.78 is 13.7.